The molecular weight excluding hydrogens is 216 g/mol. The molecule has 4 heteroatoms. The van der Waals surface area contributed by atoms with Crippen molar-refractivity contribution >= 4 is 11.8 Å². The molecule has 0 aromatic heterocycles. The van der Waals surface area contributed by atoms with Crippen LogP contribution in [0.1, 0.15) is 26.3 Å². The second-order valence-electron chi connectivity index (χ2n) is 4.61. The van der Waals surface area contributed by atoms with Gasteiger partial charge in [-0.3, -0.25) is 9.59 Å². The molecule has 0 unspecified atom stereocenters. The molecule has 17 heavy (non-hydrogen) atoms. The van der Waals surface area contributed by atoms with Crippen LogP contribution in [0, 0.1) is 6.92 Å². The molecule has 0 bridgehead atoms. The Morgan fingerprint density at radius 3 is 2.18 bits per heavy atom. The number of hydrogen-bond acceptors (Lipinski definition) is 2. The molecule has 4 nitrogen and oxygen atoms in total. The highest BCUT2D eigenvalue weighted by Crippen LogP contribution is 2.20. The highest BCUT2D eigenvalue weighted by atomic mass is 16.2. The van der Waals surface area contributed by atoms with E-state index in [2.05, 4.69) is 0 Å². The van der Waals surface area contributed by atoms with Crippen molar-refractivity contribution < 1.29 is 9.59 Å². The van der Waals surface area contributed by atoms with E-state index in [1.165, 1.54) is 0 Å². The highest BCUT2D eigenvalue weighted by molar-refractivity contribution is 6.01. The monoisotopic (exact) mass is 230 g/mol. The average molecular weight is 230 g/mol. The van der Waals surface area contributed by atoms with Crippen LogP contribution in [0.4, 0.5) is 0 Å². The van der Waals surface area contributed by atoms with Gasteiger partial charge >= 0.3 is 0 Å². The van der Waals surface area contributed by atoms with Gasteiger partial charge in [-0.2, -0.15) is 0 Å². The van der Waals surface area contributed by atoms with Crippen LogP contribution in [0.5, 0.6) is 0 Å². The van der Waals surface area contributed by atoms with E-state index in [1.807, 2.05) is 13.0 Å². The smallest absolute Gasteiger partial charge is 0.254 e. The number of aryl methyl sites for hydroxylation is 1. The van der Waals surface area contributed by atoms with Crippen LogP contribution >= 0.6 is 0 Å². The van der Waals surface area contributed by atoms with Gasteiger partial charge in [0.2, 0.25) is 0 Å². The van der Waals surface area contributed by atoms with Crippen LogP contribution in [-0.2, 0) is 0 Å². The fourth-order valence-corrected chi connectivity index (χ4v) is 1.84. The van der Waals surface area contributed by atoms with E-state index in [-0.39, 0.29) is 11.8 Å². The summed E-state index contributed by atoms with van der Waals surface area (Å²) in [5.41, 5.74) is 2.22. The summed E-state index contributed by atoms with van der Waals surface area (Å²) in [7, 11) is 0. The Kier molecular flexibility index (Phi) is 2.18. The Morgan fingerprint density at radius 1 is 1.00 bits per heavy atom. The molecule has 2 fully saturated rings. The zero-order valence-electron chi connectivity index (χ0n) is 9.77. The Morgan fingerprint density at radius 2 is 1.59 bits per heavy atom. The van der Waals surface area contributed by atoms with Crippen molar-refractivity contribution in [1.82, 2.24) is 9.80 Å². The Bertz CT molecular complexity index is 502. The van der Waals surface area contributed by atoms with E-state index < -0.39 is 0 Å². The fraction of sp³-hybridized carbons (Fsp3) is 0.385. The molecule has 1 aromatic carbocycles. The summed E-state index contributed by atoms with van der Waals surface area (Å²) in [4.78, 5) is 27.4. The molecule has 3 rings (SSSR count). The normalized spacial score (nSPS) is 17.0. The summed E-state index contributed by atoms with van der Waals surface area (Å²) in [5.74, 6) is 0.0767. The standard InChI is InChI=1S/C13H14N2O2/c1-9-2-3-10(12(16)14-4-5-14)8-11(9)13(17)15-6-7-15/h2-3,8H,4-7H2,1H3. The van der Waals surface area contributed by atoms with E-state index in [9.17, 15) is 9.59 Å². The molecule has 0 radical (unpaired) electrons. The van der Waals surface area contributed by atoms with Crippen molar-refractivity contribution in [2.45, 2.75) is 6.92 Å². The number of amides is 2. The van der Waals surface area contributed by atoms with Gasteiger partial charge < -0.3 is 9.80 Å². The fourth-order valence-electron chi connectivity index (χ4n) is 1.84. The molecule has 0 atom stereocenters. The maximum absolute atomic E-state index is 12.0. The summed E-state index contributed by atoms with van der Waals surface area (Å²) in [6.45, 7) is 5.25. The molecular formula is C13H14N2O2. The van der Waals surface area contributed by atoms with Crippen molar-refractivity contribution in [2.24, 2.45) is 0 Å². The quantitative estimate of drug-likeness (QED) is 0.708. The summed E-state index contributed by atoms with van der Waals surface area (Å²) < 4.78 is 0. The first-order valence-corrected chi connectivity index (χ1v) is 5.86. The van der Waals surface area contributed by atoms with Crippen LogP contribution in [0.2, 0.25) is 0 Å². The molecule has 0 saturated carbocycles. The predicted octanol–water partition coefficient (Wildman–Crippen LogP) is 0.907. The lowest BCUT2D eigenvalue weighted by atomic mass is 10.0. The van der Waals surface area contributed by atoms with Gasteiger partial charge in [0, 0.05) is 37.3 Å². The lowest BCUT2D eigenvalue weighted by Crippen LogP contribution is -2.15. The second kappa shape index (κ2) is 3.58. The molecule has 0 N–H and O–H groups in total. The summed E-state index contributed by atoms with van der Waals surface area (Å²) in [6, 6.07) is 5.39. The maximum atomic E-state index is 12.0. The number of rotatable bonds is 2. The first-order valence-electron chi connectivity index (χ1n) is 5.86. The van der Waals surface area contributed by atoms with Gasteiger partial charge in [0.15, 0.2) is 0 Å². The number of carbonyl (C=O) groups excluding carboxylic acids is 2. The Labute approximate surface area is 99.8 Å². The van der Waals surface area contributed by atoms with E-state index >= 15 is 0 Å². The third kappa shape index (κ3) is 1.90. The molecule has 2 amide bonds. The number of nitrogens with zero attached hydrogens (tertiary/aromatic N) is 2. The molecule has 1 aromatic rings. The summed E-state index contributed by atoms with van der Waals surface area (Å²) in [5, 5.41) is 0. The van der Waals surface area contributed by atoms with Crippen molar-refractivity contribution in [2.75, 3.05) is 26.2 Å². The van der Waals surface area contributed by atoms with Crippen LogP contribution < -0.4 is 0 Å². The van der Waals surface area contributed by atoms with E-state index in [4.69, 9.17) is 0 Å². The average Bonchev–Trinajstić information content (AvgIpc) is 3.19. The molecule has 2 heterocycles. The van der Waals surface area contributed by atoms with Crippen LogP contribution in [-0.4, -0.2) is 47.8 Å². The number of benzene rings is 1. The Balaban J connectivity index is 1.93. The van der Waals surface area contributed by atoms with Crippen LogP contribution in [0.3, 0.4) is 0 Å². The molecule has 0 aliphatic carbocycles. The van der Waals surface area contributed by atoms with Crippen molar-refractivity contribution in [3.8, 4) is 0 Å². The summed E-state index contributed by atoms with van der Waals surface area (Å²) >= 11 is 0. The Hall–Kier alpha value is -1.84. The van der Waals surface area contributed by atoms with Crippen LogP contribution in [0.25, 0.3) is 0 Å². The van der Waals surface area contributed by atoms with Crippen LogP contribution in [0.15, 0.2) is 18.2 Å². The zero-order valence-corrected chi connectivity index (χ0v) is 9.77. The van der Waals surface area contributed by atoms with E-state index in [1.54, 1.807) is 21.9 Å². The molecule has 2 aliphatic heterocycles. The van der Waals surface area contributed by atoms with Gasteiger partial charge in [0.25, 0.3) is 11.8 Å². The maximum Gasteiger partial charge on any atom is 0.254 e. The van der Waals surface area contributed by atoms with Crippen molar-refractivity contribution in [1.29, 1.82) is 0 Å². The van der Waals surface area contributed by atoms with Gasteiger partial charge in [0.1, 0.15) is 0 Å². The zero-order chi connectivity index (χ0) is 12.0. The second-order valence-corrected chi connectivity index (χ2v) is 4.61. The third-order valence-electron chi connectivity index (χ3n) is 3.18. The summed E-state index contributed by atoms with van der Waals surface area (Å²) in [6.07, 6.45) is 0. The van der Waals surface area contributed by atoms with Crippen molar-refractivity contribution in [3.05, 3.63) is 34.9 Å². The topological polar surface area (TPSA) is 40.2 Å². The van der Waals surface area contributed by atoms with Gasteiger partial charge in [-0.25, -0.2) is 0 Å². The lowest BCUT2D eigenvalue weighted by Gasteiger charge is -2.08. The molecule has 0 spiro atoms. The van der Waals surface area contributed by atoms with Gasteiger partial charge in [-0.1, -0.05) is 6.07 Å². The SMILES string of the molecule is Cc1ccc(C(=O)N2CC2)cc1C(=O)N1CC1. The lowest BCUT2D eigenvalue weighted by molar-refractivity contribution is 0.0884. The highest BCUT2D eigenvalue weighted by Gasteiger charge is 2.29. The van der Waals surface area contributed by atoms with Gasteiger partial charge in [-0.05, 0) is 24.6 Å². The number of hydrogen-bond donors (Lipinski definition) is 0. The first kappa shape index (κ1) is 10.3. The minimum Gasteiger partial charge on any atom is -0.335 e. The van der Waals surface area contributed by atoms with E-state index in [0.29, 0.717) is 11.1 Å². The minimum absolute atomic E-state index is 0.0323. The molecule has 2 saturated heterocycles. The van der Waals surface area contributed by atoms with Crippen molar-refractivity contribution in [3.63, 3.8) is 0 Å². The number of carbonyl (C=O) groups is 2. The van der Waals surface area contributed by atoms with E-state index in [0.717, 1.165) is 31.7 Å². The van der Waals surface area contributed by atoms with Gasteiger partial charge in [0.05, 0.1) is 0 Å². The first-order chi connectivity index (χ1) is 8.16. The molecule has 2 aliphatic rings. The largest absolute Gasteiger partial charge is 0.335 e. The van der Waals surface area contributed by atoms with Gasteiger partial charge in [-0.15, -0.1) is 0 Å². The third-order valence-corrected chi connectivity index (χ3v) is 3.18. The predicted molar refractivity (Wildman–Crippen MR) is 63.0 cm³/mol. The minimum atomic E-state index is 0.0323. The molecule has 88 valence electrons.